The zero-order valence-electron chi connectivity index (χ0n) is 20.0. The number of hydrogen-bond acceptors (Lipinski definition) is 4. The summed E-state index contributed by atoms with van der Waals surface area (Å²) >= 11 is 0. The molecule has 2 aliphatic rings. The Morgan fingerprint density at radius 3 is 2.55 bits per heavy atom. The summed E-state index contributed by atoms with van der Waals surface area (Å²) < 4.78 is 0. The number of nitrogens with zero attached hydrogens (tertiary/aromatic N) is 3. The summed E-state index contributed by atoms with van der Waals surface area (Å²) in [6, 6.07) is 13.7. The van der Waals surface area contributed by atoms with Crippen molar-refractivity contribution in [3.05, 3.63) is 65.5 Å². The maximum Gasteiger partial charge on any atom is 0.0540 e. The van der Waals surface area contributed by atoms with Gasteiger partial charge >= 0.3 is 0 Å². The molecule has 1 N–H and O–H groups in total. The lowest BCUT2D eigenvalue weighted by molar-refractivity contribution is 0.0771. The van der Waals surface area contributed by atoms with E-state index < -0.39 is 0 Å². The average molecular weight is 446 g/mol. The van der Waals surface area contributed by atoms with Crippen LogP contribution in [0.4, 0.5) is 0 Å². The Morgan fingerprint density at radius 2 is 1.79 bits per heavy atom. The number of hydrogen-bond donors (Lipinski definition) is 1. The van der Waals surface area contributed by atoms with Crippen LogP contribution < -0.4 is 0 Å². The molecule has 0 spiro atoms. The minimum Gasteiger partial charge on any atom is -0.395 e. The quantitative estimate of drug-likeness (QED) is 0.589. The number of aliphatic hydroxyl groups excluding tert-OH is 1. The van der Waals surface area contributed by atoms with Crippen LogP contribution in [-0.2, 0) is 13.1 Å². The number of aromatic nitrogens is 1. The van der Waals surface area contributed by atoms with Crippen LogP contribution >= 0.6 is 0 Å². The van der Waals surface area contributed by atoms with Crippen molar-refractivity contribution in [3.8, 4) is 11.8 Å². The molecule has 1 aliphatic carbocycles. The van der Waals surface area contributed by atoms with Gasteiger partial charge in [0.2, 0.25) is 0 Å². The Morgan fingerprint density at radius 1 is 0.970 bits per heavy atom. The molecule has 1 aliphatic heterocycles. The van der Waals surface area contributed by atoms with Gasteiger partial charge in [0.05, 0.1) is 6.61 Å². The molecule has 1 aromatic heterocycles. The third-order valence-corrected chi connectivity index (χ3v) is 7.12. The second-order valence-electron chi connectivity index (χ2n) is 9.80. The van der Waals surface area contributed by atoms with Gasteiger partial charge in [0.15, 0.2) is 0 Å². The molecule has 4 rings (SSSR count). The molecule has 2 heterocycles. The van der Waals surface area contributed by atoms with Crippen LogP contribution in [0.2, 0.25) is 0 Å². The van der Waals surface area contributed by atoms with Gasteiger partial charge < -0.3 is 10.0 Å². The number of pyridine rings is 1. The monoisotopic (exact) mass is 445 g/mol. The fourth-order valence-electron chi connectivity index (χ4n) is 5.50. The van der Waals surface area contributed by atoms with Crippen molar-refractivity contribution in [1.82, 2.24) is 14.8 Å². The van der Waals surface area contributed by atoms with Gasteiger partial charge in [0.1, 0.15) is 0 Å². The van der Waals surface area contributed by atoms with Crippen molar-refractivity contribution in [1.29, 1.82) is 0 Å². The van der Waals surface area contributed by atoms with Gasteiger partial charge in [-0.25, -0.2) is 0 Å². The first kappa shape index (κ1) is 24.0. The van der Waals surface area contributed by atoms with Crippen molar-refractivity contribution >= 4 is 0 Å². The maximum absolute atomic E-state index is 8.92. The van der Waals surface area contributed by atoms with Gasteiger partial charge in [0, 0.05) is 56.6 Å². The summed E-state index contributed by atoms with van der Waals surface area (Å²) in [5, 5.41) is 8.92. The van der Waals surface area contributed by atoms with Crippen LogP contribution in [0.3, 0.4) is 0 Å². The van der Waals surface area contributed by atoms with E-state index in [0.717, 1.165) is 37.2 Å². The van der Waals surface area contributed by atoms with Crippen LogP contribution in [0.25, 0.3) is 0 Å². The van der Waals surface area contributed by atoms with E-state index in [4.69, 9.17) is 5.11 Å². The molecule has 0 unspecified atom stereocenters. The molecule has 1 atom stereocenters. The Balaban J connectivity index is 1.40. The summed E-state index contributed by atoms with van der Waals surface area (Å²) in [5.74, 6) is 6.87. The van der Waals surface area contributed by atoms with Crippen LogP contribution in [-0.4, -0.2) is 52.2 Å². The number of aliphatic hydroxyl groups is 1. The average Bonchev–Trinajstić information content (AvgIpc) is 2.87. The lowest BCUT2D eigenvalue weighted by Crippen LogP contribution is -2.46. The standard InChI is InChI=1S/C29H39N3O/c33-19-5-4-8-25-13-15-26(16-14-25)21-31(22-27-9-6-17-30-20-27)23-28-10-7-18-32(24-28)29-11-2-1-3-12-29/h6,9,13-17,20,28-29,33H,1-3,5,7,10-12,18-19,21-24H2/t28-/m0/s1. The zero-order chi connectivity index (χ0) is 22.7. The van der Waals surface area contributed by atoms with E-state index in [-0.39, 0.29) is 6.61 Å². The molecular formula is C29H39N3O. The minimum atomic E-state index is 0.119. The molecular weight excluding hydrogens is 406 g/mol. The second-order valence-corrected chi connectivity index (χ2v) is 9.80. The lowest BCUT2D eigenvalue weighted by Gasteiger charge is -2.41. The summed E-state index contributed by atoms with van der Waals surface area (Å²) in [6.45, 7) is 5.69. The van der Waals surface area contributed by atoms with Crippen molar-refractivity contribution in [2.24, 2.45) is 5.92 Å². The summed E-state index contributed by atoms with van der Waals surface area (Å²) in [5.41, 5.74) is 3.62. The van der Waals surface area contributed by atoms with E-state index in [1.54, 1.807) is 0 Å². The molecule has 2 fully saturated rings. The number of piperidine rings is 1. The van der Waals surface area contributed by atoms with Crippen LogP contribution in [0.1, 0.15) is 68.1 Å². The summed E-state index contributed by atoms with van der Waals surface area (Å²) in [4.78, 5) is 9.77. The molecule has 0 bridgehead atoms. The largest absolute Gasteiger partial charge is 0.395 e. The highest BCUT2D eigenvalue weighted by Gasteiger charge is 2.28. The predicted octanol–water partition coefficient (Wildman–Crippen LogP) is 4.86. The molecule has 33 heavy (non-hydrogen) atoms. The lowest BCUT2D eigenvalue weighted by atomic mass is 9.90. The molecule has 0 amide bonds. The summed E-state index contributed by atoms with van der Waals surface area (Å²) in [6.07, 6.45) is 14.1. The third kappa shape index (κ3) is 7.67. The first-order chi connectivity index (χ1) is 16.3. The van der Waals surface area contributed by atoms with Gasteiger partial charge in [-0.1, -0.05) is 49.3 Å². The number of benzene rings is 1. The molecule has 2 aromatic rings. The molecule has 176 valence electrons. The molecule has 4 nitrogen and oxygen atoms in total. The highest BCUT2D eigenvalue weighted by Crippen LogP contribution is 2.28. The Bertz CT molecular complexity index is 881. The molecule has 4 heteroatoms. The SMILES string of the molecule is OCCC#Cc1ccc(CN(Cc2cccnc2)C[C@@H]2CCCN(C3CCCCC3)C2)cc1. The zero-order valence-corrected chi connectivity index (χ0v) is 20.0. The van der Waals surface area contributed by atoms with Crippen molar-refractivity contribution in [2.75, 3.05) is 26.2 Å². The Hall–Kier alpha value is -2.19. The highest BCUT2D eigenvalue weighted by atomic mass is 16.2. The molecule has 1 aromatic carbocycles. The minimum absolute atomic E-state index is 0.119. The Kier molecular flexibility index (Phi) is 9.36. The van der Waals surface area contributed by atoms with Crippen LogP contribution in [0.15, 0.2) is 48.8 Å². The van der Waals surface area contributed by atoms with Gasteiger partial charge in [-0.05, 0) is 67.5 Å². The highest BCUT2D eigenvalue weighted by molar-refractivity contribution is 5.36. The van der Waals surface area contributed by atoms with Crippen molar-refractivity contribution in [2.45, 2.75) is 70.5 Å². The maximum atomic E-state index is 8.92. The van der Waals surface area contributed by atoms with E-state index in [1.807, 2.05) is 18.5 Å². The van der Waals surface area contributed by atoms with Gasteiger partial charge in [-0.2, -0.15) is 0 Å². The van der Waals surface area contributed by atoms with Gasteiger partial charge in [-0.15, -0.1) is 0 Å². The molecule has 1 saturated heterocycles. The topological polar surface area (TPSA) is 39.6 Å². The van der Waals surface area contributed by atoms with E-state index in [9.17, 15) is 0 Å². The summed E-state index contributed by atoms with van der Waals surface area (Å²) in [7, 11) is 0. The number of rotatable bonds is 8. The van der Waals surface area contributed by atoms with E-state index in [0.29, 0.717) is 6.42 Å². The third-order valence-electron chi connectivity index (χ3n) is 7.12. The van der Waals surface area contributed by atoms with Crippen LogP contribution in [0, 0.1) is 17.8 Å². The van der Waals surface area contributed by atoms with Gasteiger partial charge in [-0.3, -0.25) is 9.88 Å². The second kappa shape index (κ2) is 12.9. The predicted molar refractivity (Wildman–Crippen MR) is 135 cm³/mol. The van der Waals surface area contributed by atoms with Crippen LogP contribution in [0.5, 0.6) is 0 Å². The fourth-order valence-corrected chi connectivity index (χ4v) is 5.50. The first-order valence-corrected chi connectivity index (χ1v) is 12.8. The number of likely N-dealkylation sites (tertiary alicyclic amines) is 1. The fraction of sp³-hybridized carbons (Fsp3) is 0.552. The first-order valence-electron chi connectivity index (χ1n) is 12.8. The Labute approximate surface area is 200 Å². The van der Waals surface area contributed by atoms with E-state index >= 15 is 0 Å². The van der Waals surface area contributed by atoms with Gasteiger partial charge in [0.25, 0.3) is 0 Å². The van der Waals surface area contributed by atoms with E-state index in [1.165, 1.54) is 69.2 Å². The molecule has 0 radical (unpaired) electrons. The normalized spacial score (nSPS) is 19.9. The smallest absolute Gasteiger partial charge is 0.0540 e. The van der Waals surface area contributed by atoms with E-state index in [2.05, 4.69) is 57.0 Å². The van der Waals surface area contributed by atoms with Crippen molar-refractivity contribution < 1.29 is 5.11 Å². The molecule has 1 saturated carbocycles. The van der Waals surface area contributed by atoms with Crippen molar-refractivity contribution in [3.63, 3.8) is 0 Å².